The van der Waals surface area contributed by atoms with Gasteiger partial charge in [0.25, 0.3) is 0 Å². The molecule has 4 rings (SSSR count). The summed E-state index contributed by atoms with van der Waals surface area (Å²) >= 11 is 0. The van der Waals surface area contributed by atoms with Gasteiger partial charge in [0.05, 0.1) is 24.8 Å². The van der Waals surface area contributed by atoms with Gasteiger partial charge in [0, 0.05) is 44.1 Å². The smallest absolute Gasteiger partial charge is 0.338 e. The Labute approximate surface area is 213 Å². The van der Waals surface area contributed by atoms with Crippen LogP contribution in [-0.4, -0.2) is 62.8 Å². The van der Waals surface area contributed by atoms with Crippen molar-refractivity contribution in [2.75, 3.05) is 50.8 Å². The number of benzene rings is 2. The van der Waals surface area contributed by atoms with Crippen LogP contribution >= 0.6 is 0 Å². The molecule has 2 amide bonds. The summed E-state index contributed by atoms with van der Waals surface area (Å²) < 4.78 is 11.0. The molecular weight excluding hydrogens is 456 g/mol. The molecule has 0 spiro atoms. The number of aryl methyl sites for hydroxylation is 1. The van der Waals surface area contributed by atoms with Crippen LogP contribution < -0.4 is 20.3 Å². The number of urea groups is 1. The van der Waals surface area contributed by atoms with Gasteiger partial charge in [-0.05, 0) is 62.6 Å². The zero-order valence-electron chi connectivity index (χ0n) is 21.6. The minimum atomic E-state index is -0.597. The third kappa shape index (κ3) is 5.65. The minimum absolute atomic E-state index is 0.258. The second-order valence-electron chi connectivity index (χ2n) is 9.13. The van der Waals surface area contributed by atoms with Crippen LogP contribution in [0.25, 0.3) is 0 Å². The van der Waals surface area contributed by atoms with Gasteiger partial charge in [-0.3, -0.25) is 4.90 Å². The molecule has 2 heterocycles. The molecule has 2 aromatic rings. The quantitative estimate of drug-likeness (QED) is 0.547. The van der Waals surface area contributed by atoms with E-state index in [4.69, 9.17) is 9.47 Å². The van der Waals surface area contributed by atoms with Crippen molar-refractivity contribution in [3.05, 3.63) is 70.4 Å². The van der Waals surface area contributed by atoms with Crippen LogP contribution in [0.5, 0.6) is 5.75 Å². The largest absolute Gasteiger partial charge is 0.494 e. The first-order valence-electron chi connectivity index (χ1n) is 12.6. The van der Waals surface area contributed by atoms with Crippen LogP contribution in [0, 0.1) is 13.8 Å². The summed E-state index contributed by atoms with van der Waals surface area (Å²) in [7, 11) is 0. The van der Waals surface area contributed by atoms with Crippen molar-refractivity contribution in [1.29, 1.82) is 0 Å². The van der Waals surface area contributed by atoms with E-state index in [0.29, 0.717) is 24.4 Å². The maximum atomic E-state index is 13.1. The van der Waals surface area contributed by atoms with E-state index in [1.54, 1.807) is 6.92 Å². The van der Waals surface area contributed by atoms with Crippen LogP contribution in [0.1, 0.15) is 36.6 Å². The average molecular weight is 493 g/mol. The van der Waals surface area contributed by atoms with Crippen molar-refractivity contribution >= 4 is 17.7 Å². The summed E-state index contributed by atoms with van der Waals surface area (Å²) in [6, 6.07) is 12.9. The second-order valence-corrected chi connectivity index (χ2v) is 9.13. The van der Waals surface area contributed by atoms with Crippen LogP contribution in [0.4, 0.5) is 10.5 Å². The van der Waals surface area contributed by atoms with E-state index in [2.05, 4.69) is 52.5 Å². The van der Waals surface area contributed by atoms with Crippen LogP contribution in [0.2, 0.25) is 0 Å². The van der Waals surface area contributed by atoms with Gasteiger partial charge < -0.3 is 25.0 Å². The molecule has 192 valence electrons. The number of carbonyl (C=O) groups excluding carboxylic acids is 2. The summed E-state index contributed by atoms with van der Waals surface area (Å²) in [5.41, 5.74) is 5.70. The first-order chi connectivity index (χ1) is 17.4. The van der Waals surface area contributed by atoms with Gasteiger partial charge in [0.15, 0.2) is 0 Å². The van der Waals surface area contributed by atoms with Crippen molar-refractivity contribution in [3.63, 3.8) is 0 Å². The monoisotopic (exact) mass is 492 g/mol. The van der Waals surface area contributed by atoms with Crippen LogP contribution in [-0.2, 0) is 9.53 Å². The van der Waals surface area contributed by atoms with Crippen molar-refractivity contribution in [3.8, 4) is 5.75 Å². The lowest BCUT2D eigenvalue weighted by Gasteiger charge is -2.38. The number of hydrogen-bond donors (Lipinski definition) is 2. The maximum Gasteiger partial charge on any atom is 0.338 e. The number of nitrogens with zero attached hydrogens (tertiary/aromatic N) is 2. The maximum absolute atomic E-state index is 13.1. The highest BCUT2D eigenvalue weighted by molar-refractivity contribution is 5.95. The molecular formula is C28H36N4O4. The van der Waals surface area contributed by atoms with E-state index < -0.39 is 12.0 Å². The standard InChI is InChI=1S/C28H36N4O4/c1-5-35-22-12-10-21(11-13-22)26-25(27(33)36-6-2)23(29-28(34)30-26)18-31-14-16-32(17-15-31)24-9-7-8-19(3)20(24)4/h7-13,26H,5-6,14-18H2,1-4H3,(H2,29,30,34). The van der Waals surface area contributed by atoms with E-state index in [1.807, 2.05) is 31.2 Å². The Hall–Kier alpha value is -3.52. The molecule has 1 unspecified atom stereocenters. The van der Waals surface area contributed by atoms with Gasteiger partial charge in [-0.2, -0.15) is 0 Å². The summed E-state index contributed by atoms with van der Waals surface area (Å²) in [5.74, 6) is 0.318. The highest BCUT2D eigenvalue weighted by Crippen LogP contribution is 2.30. The van der Waals surface area contributed by atoms with E-state index in [0.717, 1.165) is 37.5 Å². The zero-order chi connectivity index (χ0) is 25.7. The van der Waals surface area contributed by atoms with Gasteiger partial charge in [-0.25, -0.2) is 9.59 Å². The molecule has 1 saturated heterocycles. The molecule has 8 heteroatoms. The third-order valence-corrected chi connectivity index (χ3v) is 6.84. The second kappa shape index (κ2) is 11.5. The van der Waals surface area contributed by atoms with Crippen LogP contribution in [0.3, 0.4) is 0 Å². The minimum Gasteiger partial charge on any atom is -0.494 e. The average Bonchev–Trinajstić information content (AvgIpc) is 2.87. The summed E-state index contributed by atoms with van der Waals surface area (Å²) in [6.07, 6.45) is 0. The fourth-order valence-corrected chi connectivity index (χ4v) is 4.81. The molecule has 0 bridgehead atoms. The van der Waals surface area contributed by atoms with Crippen molar-refractivity contribution in [2.45, 2.75) is 33.7 Å². The molecule has 36 heavy (non-hydrogen) atoms. The van der Waals surface area contributed by atoms with E-state index in [9.17, 15) is 9.59 Å². The number of anilines is 1. The Morgan fingerprint density at radius 1 is 1.00 bits per heavy atom. The number of piperazine rings is 1. The fourth-order valence-electron chi connectivity index (χ4n) is 4.81. The third-order valence-electron chi connectivity index (χ3n) is 6.84. The van der Waals surface area contributed by atoms with Crippen molar-refractivity contribution < 1.29 is 19.1 Å². The topological polar surface area (TPSA) is 83.1 Å². The summed E-state index contributed by atoms with van der Waals surface area (Å²) in [6.45, 7) is 12.7. The molecule has 8 nitrogen and oxygen atoms in total. The van der Waals surface area contributed by atoms with Crippen molar-refractivity contribution in [2.24, 2.45) is 0 Å². The lowest BCUT2D eigenvalue weighted by molar-refractivity contribution is -0.139. The van der Waals surface area contributed by atoms with E-state index in [-0.39, 0.29) is 12.6 Å². The molecule has 1 atom stereocenters. The molecule has 1 fully saturated rings. The Bertz CT molecular complexity index is 1120. The van der Waals surface area contributed by atoms with Gasteiger partial charge in [0.1, 0.15) is 5.75 Å². The molecule has 2 aliphatic heterocycles. The van der Waals surface area contributed by atoms with Crippen LogP contribution in [0.15, 0.2) is 53.7 Å². The molecule has 0 aromatic heterocycles. The first kappa shape index (κ1) is 25.6. The fraction of sp³-hybridized carbons (Fsp3) is 0.429. The number of carbonyl (C=O) groups is 2. The summed E-state index contributed by atoms with van der Waals surface area (Å²) in [5, 5.41) is 5.80. The number of rotatable bonds is 8. The number of ether oxygens (including phenoxy) is 2. The SMILES string of the molecule is CCOC(=O)C1=C(CN2CCN(c3cccc(C)c3C)CC2)NC(=O)NC1c1ccc(OCC)cc1. The highest BCUT2D eigenvalue weighted by atomic mass is 16.5. The number of nitrogens with one attached hydrogen (secondary N) is 2. The Morgan fingerprint density at radius 2 is 1.72 bits per heavy atom. The van der Waals surface area contributed by atoms with Gasteiger partial charge in [0.2, 0.25) is 0 Å². The van der Waals surface area contributed by atoms with Gasteiger partial charge in [-0.15, -0.1) is 0 Å². The Kier molecular flexibility index (Phi) is 8.15. The molecule has 2 N–H and O–H groups in total. The van der Waals surface area contributed by atoms with Gasteiger partial charge in [-0.1, -0.05) is 24.3 Å². The number of amides is 2. The molecule has 0 radical (unpaired) electrons. The molecule has 0 saturated carbocycles. The molecule has 2 aliphatic rings. The number of esters is 1. The lowest BCUT2D eigenvalue weighted by Crippen LogP contribution is -2.52. The predicted molar refractivity (Wildman–Crippen MR) is 140 cm³/mol. The Balaban J connectivity index is 1.55. The zero-order valence-corrected chi connectivity index (χ0v) is 21.6. The molecule has 0 aliphatic carbocycles. The Morgan fingerprint density at radius 3 is 2.39 bits per heavy atom. The summed E-state index contributed by atoms with van der Waals surface area (Å²) in [4.78, 5) is 30.4. The van der Waals surface area contributed by atoms with Crippen molar-refractivity contribution in [1.82, 2.24) is 15.5 Å². The molecule has 2 aromatic carbocycles. The van der Waals surface area contributed by atoms with Gasteiger partial charge >= 0.3 is 12.0 Å². The van der Waals surface area contributed by atoms with E-state index in [1.165, 1.54) is 16.8 Å². The normalized spacial score (nSPS) is 18.5. The van der Waals surface area contributed by atoms with E-state index >= 15 is 0 Å². The predicted octanol–water partition coefficient (Wildman–Crippen LogP) is 3.70. The number of hydrogen-bond acceptors (Lipinski definition) is 6. The lowest BCUT2D eigenvalue weighted by atomic mass is 9.94. The first-order valence-corrected chi connectivity index (χ1v) is 12.6. The highest BCUT2D eigenvalue weighted by Gasteiger charge is 2.34.